The highest BCUT2D eigenvalue weighted by Gasteiger charge is 2.28. The minimum atomic E-state index is 0.0374. The van der Waals surface area contributed by atoms with Crippen LogP contribution in [-0.4, -0.2) is 57.8 Å². The van der Waals surface area contributed by atoms with Gasteiger partial charge < -0.3 is 19.3 Å². The topological polar surface area (TPSA) is 43.2 Å². The number of carbonyl (C=O) groups is 1. The van der Waals surface area contributed by atoms with Crippen LogP contribution in [-0.2, 0) is 0 Å². The maximum atomic E-state index is 12.9. The van der Waals surface area contributed by atoms with Crippen molar-refractivity contribution in [2.45, 2.75) is 19.3 Å². The lowest BCUT2D eigenvalue weighted by Gasteiger charge is -2.34. The summed E-state index contributed by atoms with van der Waals surface area (Å²) in [4.78, 5) is 16.5. The second kappa shape index (κ2) is 8.39. The third kappa shape index (κ3) is 4.15. The van der Waals surface area contributed by atoms with Crippen LogP contribution in [0.5, 0.6) is 11.5 Å². The van der Waals surface area contributed by atoms with E-state index in [-0.39, 0.29) is 5.91 Å². The van der Waals surface area contributed by atoms with Crippen molar-refractivity contribution < 1.29 is 19.2 Å². The van der Waals surface area contributed by atoms with Crippen molar-refractivity contribution in [2.24, 2.45) is 5.92 Å². The molecule has 1 fully saturated rings. The van der Waals surface area contributed by atoms with Crippen molar-refractivity contribution in [3.8, 4) is 11.5 Å². The summed E-state index contributed by atoms with van der Waals surface area (Å²) >= 11 is 0. The Bertz CT molecular complexity index is 621. The molecule has 0 aromatic heterocycles. The number of hydrogen-bond acceptors (Lipinski definition) is 3. The predicted molar refractivity (Wildman–Crippen MR) is 97.5 cm³/mol. The number of benzene rings is 1. The van der Waals surface area contributed by atoms with E-state index in [1.807, 2.05) is 23.1 Å². The Labute approximate surface area is 150 Å². The number of nitrogens with zero attached hydrogens (tertiary/aromatic N) is 1. The van der Waals surface area contributed by atoms with E-state index < -0.39 is 0 Å². The highest BCUT2D eigenvalue weighted by molar-refractivity contribution is 5.97. The molecular formula is C20H29N2O3+. The molecule has 1 atom stereocenters. The Balaban J connectivity index is 1.59. The minimum absolute atomic E-state index is 0.0374. The Morgan fingerprint density at radius 1 is 1.20 bits per heavy atom. The molecule has 2 aliphatic rings. The van der Waals surface area contributed by atoms with Gasteiger partial charge in [-0.15, -0.1) is 0 Å². The third-order valence-electron chi connectivity index (χ3n) is 5.35. The van der Waals surface area contributed by atoms with Crippen LogP contribution in [0.3, 0.4) is 0 Å². The fourth-order valence-corrected chi connectivity index (χ4v) is 3.91. The molecule has 1 unspecified atom stereocenters. The molecule has 0 saturated carbocycles. The lowest BCUT2D eigenvalue weighted by molar-refractivity contribution is -0.907. The number of rotatable bonds is 5. The molecule has 1 aliphatic heterocycles. The molecule has 0 radical (unpaired) electrons. The summed E-state index contributed by atoms with van der Waals surface area (Å²) in [5.74, 6) is 1.97. The number of piperazine rings is 1. The maximum absolute atomic E-state index is 12.9. The van der Waals surface area contributed by atoms with Gasteiger partial charge in [-0.25, -0.2) is 0 Å². The van der Waals surface area contributed by atoms with Gasteiger partial charge in [0.1, 0.15) is 0 Å². The Morgan fingerprint density at radius 2 is 2.00 bits per heavy atom. The molecular weight excluding hydrogens is 316 g/mol. The highest BCUT2D eigenvalue weighted by Crippen LogP contribution is 2.31. The fourth-order valence-electron chi connectivity index (χ4n) is 3.91. The van der Waals surface area contributed by atoms with Crippen LogP contribution in [0.25, 0.3) is 0 Å². The van der Waals surface area contributed by atoms with Gasteiger partial charge in [-0.05, 0) is 31.4 Å². The Morgan fingerprint density at radius 3 is 2.64 bits per heavy atom. The smallest absolute Gasteiger partial charge is 0.258 e. The summed E-state index contributed by atoms with van der Waals surface area (Å²) in [6, 6.07) is 5.47. The summed E-state index contributed by atoms with van der Waals surface area (Å²) in [5, 5.41) is 0. The first kappa shape index (κ1) is 17.8. The predicted octanol–water partition coefficient (Wildman–Crippen LogP) is 1.40. The first-order valence-corrected chi connectivity index (χ1v) is 9.21. The third-order valence-corrected chi connectivity index (χ3v) is 5.35. The zero-order valence-corrected chi connectivity index (χ0v) is 15.3. The van der Waals surface area contributed by atoms with Crippen molar-refractivity contribution in [3.05, 3.63) is 35.9 Å². The van der Waals surface area contributed by atoms with Gasteiger partial charge in [0, 0.05) is 5.92 Å². The Hall–Kier alpha value is -2.01. The summed E-state index contributed by atoms with van der Waals surface area (Å²) in [6.07, 6.45) is 8.36. The number of hydrogen-bond donors (Lipinski definition) is 1. The van der Waals surface area contributed by atoms with Gasteiger partial charge >= 0.3 is 0 Å². The molecule has 5 heteroatoms. The van der Waals surface area contributed by atoms with Crippen LogP contribution in [0.2, 0.25) is 0 Å². The lowest BCUT2D eigenvalue weighted by atomic mass is 9.94. The molecule has 0 spiro atoms. The number of quaternary nitrogens is 1. The lowest BCUT2D eigenvalue weighted by Crippen LogP contribution is -3.15. The minimum Gasteiger partial charge on any atom is -0.493 e. The molecule has 136 valence electrons. The van der Waals surface area contributed by atoms with Gasteiger partial charge in [0.2, 0.25) is 0 Å². The van der Waals surface area contributed by atoms with E-state index in [1.54, 1.807) is 19.1 Å². The van der Waals surface area contributed by atoms with Crippen molar-refractivity contribution in [2.75, 3.05) is 46.9 Å². The van der Waals surface area contributed by atoms with Crippen LogP contribution in [0, 0.1) is 5.92 Å². The molecule has 1 saturated heterocycles. The molecule has 5 nitrogen and oxygen atoms in total. The van der Waals surface area contributed by atoms with E-state index >= 15 is 0 Å². The summed E-state index contributed by atoms with van der Waals surface area (Å²) in [6.45, 7) is 4.89. The highest BCUT2D eigenvalue weighted by atomic mass is 16.5. The molecule has 0 bridgehead atoms. The normalized spacial score (nSPS) is 21.2. The van der Waals surface area contributed by atoms with Crippen molar-refractivity contribution in [1.29, 1.82) is 0 Å². The zero-order valence-electron chi connectivity index (χ0n) is 15.3. The quantitative estimate of drug-likeness (QED) is 0.821. The van der Waals surface area contributed by atoms with E-state index in [0.29, 0.717) is 17.1 Å². The van der Waals surface area contributed by atoms with E-state index in [0.717, 1.165) is 32.1 Å². The number of carbonyl (C=O) groups excluding carboxylic acids is 1. The molecule has 1 N–H and O–H groups in total. The summed E-state index contributed by atoms with van der Waals surface area (Å²) in [7, 11) is 3.17. The molecule has 1 heterocycles. The Kier molecular flexibility index (Phi) is 5.97. The second-order valence-electron chi connectivity index (χ2n) is 6.94. The number of amides is 1. The average molecular weight is 345 g/mol. The van der Waals surface area contributed by atoms with Crippen LogP contribution < -0.4 is 14.4 Å². The monoisotopic (exact) mass is 345 g/mol. The molecule has 3 rings (SSSR count). The molecule has 25 heavy (non-hydrogen) atoms. The van der Waals surface area contributed by atoms with E-state index in [1.165, 1.54) is 25.8 Å². The first-order valence-electron chi connectivity index (χ1n) is 9.21. The van der Waals surface area contributed by atoms with Crippen molar-refractivity contribution >= 4 is 5.91 Å². The molecule has 1 aromatic rings. The van der Waals surface area contributed by atoms with Crippen molar-refractivity contribution in [3.63, 3.8) is 0 Å². The largest absolute Gasteiger partial charge is 0.493 e. The van der Waals surface area contributed by atoms with Crippen molar-refractivity contribution in [1.82, 2.24) is 4.90 Å². The van der Waals surface area contributed by atoms with Crippen LogP contribution in [0.15, 0.2) is 30.4 Å². The fraction of sp³-hybridized carbons (Fsp3) is 0.550. The van der Waals surface area contributed by atoms with Crippen LogP contribution >= 0.6 is 0 Å². The van der Waals surface area contributed by atoms with Gasteiger partial charge in [0.05, 0.1) is 52.5 Å². The van der Waals surface area contributed by atoms with Crippen LogP contribution in [0.4, 0.5) is 0 Å². The summed E-state index contributed by atoms with van der Waals surface area (Å²) < 4.78 is 10.7. The zero-order chi connectivity index (χ0) is 17.6. The number of para-hydroxylation sites is 1. The van der Waals surface area contributed by atoms with E-state index in [2.05, 4.69) is 12.2 Å². The maximum Gasteiger partial charge on any atom is 0.258 e. The van der Waals surface area contributed by atoms with Gasteiger partial charge in [-0.3, -0.25) is 4.79 Å². The number of allylic oxidation sites excluding steroid dienone is 2. The first-order chi connectivity index (χ1) is 12.2. The number of nitrogens with one attached hydrogen (secondary N) is 1. The SMILES string of the molecule is COc1cccc(C(=O)N2CC[NH+](CC3CC=CCC3)CC2)c1OC. The van der Waals surface area contributed by atoms with Gasteiger partial charge in [-0.2, -0.15) is 0 Å². The second-order valence-corrected chi connectivity index (χ2v) is 6.94. The van der Waals surface area contributed by atoms with Gasteiger partial charge in [0.25, 0.3) is 5.91 Å². The number of methoxy groups -OCH3 is 2. The van der Waals surface area contributed by atoms with E-state index in [9.17, 15) is 4.79 Å². The number of ether oxygens (including phenoxy) is 2. The van der Waals surface area contributed by atoms with Gasteiger partial charge in [0.15, 0.2) is 11.5 Å². The average Bonchev–Trinajstić information content (AvgIpc) is 2.68. The molecule has 1 aromatic carbocycles. The van der Waals surface area contributed by atoms with Gasteiger partial charge in [-0.1, -0.05) is 18.2 Å². The van der Waals surface area contributed by atoms with Crippen LogP contribution in [0.1, 0.15) is 29.6 Å². The summed E-state index contributed by atoms with van der Waals surface area (Å²) in [5.41, 5.74) is 0.586. The molecule has 1 aliphatic carbocycles. The molecule has 1 amide bonds. The standard InChI is InChI=1S/C20H28N2O3/c1-24-18-10-6-9-17(19(18)25-2)20(23)22-13-11-21(12-14-22)15-16-7-4-3-5-8-16/h3-4,6,9-10,16H,5,7-8,11-15H2,1-2H3/p+1. The van der Waals surface area contributed by atoms with E-state index in [4.69, 9.17) is 9.47 Å².